The number of rotatable bonds is 4. The second-order valence-corrected chi connectivity index (χ2v) is 6.14. The topological polar surface area (TPSA) is 116 Å². The van der Waals surface area contributed by atoms with Crippen LogP contribution in [0, 0.1) is 6.92 Å². The predicted molar refractivity (Wildman–Crippen MR) is 99.8 cm³/mol. The van der Waals surface area contributed by atoms with E-state index in [-0.39, 0.29) is 11.7 Å². The third-order valence-electron chi connectivity index (χ3n) is 4.03. The molecule has 0 bridgehead atoms. The van der Waals surface area contributed by atoms with E-state index < -0.39 is 0 Å². The lowest BCUT2D eigenvalue weighted by molar-refractivity contribution is -0.115. The number of hydrogen-bond donors (Lipinski definition) is 4. The average molecular weight is 355 g/mol. The molecule has 2 aromatic carbocycles. The number of nitrogens with two attached hydrogens (primary N) is 4. The lowest BCUT2D eigenvalue weighted by Gasteiger charge is -2.01. The summed E-state index contributed by atoms with van der Waals surface area (Å²) < 4.78 is 6.05. The van der Waals surface area contributed by atoms with Gasteiger partial charge in [-0.3, -0.25) is 22.3 Å². The number of hydrogen-bond acceptors (Lipinski definition) is 1. The maximum Gasteiger partial charge on any atom is 0.270 e. The molecule has 6 heteroatoms. The van der Waals surface area contributed by atoms with E-state index in [1.807, 2.05) is 55.5 Å². The Hall–Kier alpha value is -3.05. The quantitative estimate of drug-likeness (QED) is 0.404. The Bertz CT molecular complexity index is 878. The van der Waals surface area contributed by atoms with Crippen molar-refractivity contribution in [1.82, 2.24) is 0 Å². The van der Waals surface area contributed by atoms with E-state index in [9.17, 15) is 0 Å². The van der Waals surface area contributed by atoms with Crippen molar-refractivity contribution in [2.75, 3.05) is 0 Å². The van der Waals surface area contributed by atoms with Crippen LogP contribution < -0.4 is 22.3 Å². The molecule has 0 aliphatic rings. The first-order valence-corrected chi connectivity index (χ1v) is 8.02. The van der Waals surface area contributed by atoms with Gasteiger partial charge in [0, 0.05) is 16.7 Å². The number of amidine groups is 2. The van der Waals surface area contributed by atoms with E-state index in [1.165, 1.54) is 0 Å². The summed E-state index contributed by atoms with van der Waals surface area (Å²) in [7, 11) is 0. The molecule has 0 amide bonds. The van der Waals surface area contributed by atoms with Crippen molar-refractivity contribution >= 4 is 23.3 Å². The summed E-state index contributed by atoms with van der Waals surface area (Å²) >= 11 is 6.49. The van der Waals surface area contributed by atoms with Crippen molar-refractivity contribution in [1.29, 1.82) is 0 Å². The van der Waals surface area contributed by atoms with Gasteiger partial charge in [-0.15, -0.1) is 0 Å². The third-order valence-corrected chi connectivity index (χ3v) is 4.49. The van der Waals surface area contributed by atoms with Gasteiger partial charge in [0.25, 0.3) is 11.7 Å². The lowest BCUT2D eigenvalue weighted by Crippen LogP contribution is -2.46. The molecular formula is C19H19ClN4O+2. The van der Waals surface area contributed by atoms with Crippen molar-refractivity contribution in [3.8, 4) is 22.6 Å². The van der Waals surface area contributed by atoms with Crippen LogP contribution >= 0.6 is 11.6 Å². The van der Waals surface area contributed by atoms with Crippen LogP contribution in [-0.4, -0.2) is 11.7 Å². The zero-order valence-electron chi connectivity index (χ0n) is 13.7. The molecule has 1 aromatic heterocycles. The van der Waals surface area contributed by atoms with E-state index >= 15 is 0 Å². The molecule has 1 heterocycles. The first-order chi connectivity index (χ1) is 11.9. The number of halogens is 1. The number of benzene rings is 2. The maximum absolute atomic E-state index is 6.49. The Labute approximate surface area is 150 Å². The second kappa shape index (κ2) is 6.45. The van der Waals surface area contributed by atoms with Gasteiger partial charge in [-0.2, -0.15) is 0 Å². The summed E-state index contributed by atoms with van der Waals surface area (Å²) in [6, 6.07) is 14.9. The van der Waals surface area contributed by atoms with E-state index in [0.717, 1.165) is 27.8 Å². The van der Waals surface area contributed by atoms with E-state index in [2.05, 4.69) is 0 Å². The fraction of sp³-hybridized carbons (Fsp3) is 0.0526. The molecule has 0 saturated carbocycles. The van der Waals surface area contributed by atoms with E-state index in [4.69, 9.17) is 38.3 Å². The summed E-state index contributed by atoms with van der Waals surface area (Å²) in [5.74, 6) is 1.85. The van der Waals surface area contributed by atoms with Crippen LogP contribution in [0.2, 0.25) is 5.02 Å². The van der Waals surface area contributed by atoms with Gasteiger partial charge in [-0.1, -0.05) is 35.9 Å². The van der Waals surface area contributed by atoms with Gasteiger partial charge in [0.15, 0.2) is 5.76 Å². The van der Waals surface area contributed by atoms with Crippen molar-refractivity contribution in [3.63, 3.8) is 0 Å². The Morgan fingerprint density at radius 1 is 0.800 bits per heavy atom. The molecule has 0 atom stereocenters. The molecule has 5 nitrogen and oxygen atoms in total. The van der Waals surface area contributed by atoms with E-state index in [1.54, 1.807) is 0 Å². The third kappa shape index (κ3) is 3.14. The molecule has 25 heavy (non-hydrogen) atoms. The molecule has 0 radical (unpaired) electrons. The molecule has 3 aromatic rings. The van der Waals surface area contributed by atoms with Gasteiger partial charge in [-0.05, 0) is 31.2 Å². The largest absolute Gasteiger partial charge is 0.454 e. The minimum Gasteiger partial charge on any atom is -0.454 e. The highest BCUT2D eigenvalue weighted by atomic mass is 35.5. The zero-order chi connectivity index (χ0) is 18.1. The molecule has 8 N–H and O–H groups in total. The fourth-order valence-electron chi connectivity index (χ4n) is 2.58. The summed E-state index contributed by atoms with van der Waals surface area (Å²) in [5, 5.41) is 11.8. The summed E-state index contributed by atoms with van der Waals surface area (Å²) in [6.07, 6.45) is 0. The Balaban J connectivity index is 2.02. The summed E-state index contributed by atoms with van der Waals surface area (Å²) in [4.78, 5) is 0. The minimum absolute atomic E-state index is 0.269. The SMILES string of the molecule is Cc1c(-c2ccc(C(N)=[NH2+])cc2)oc(-c2ccc(C(N)=[NH2+])cc2)c1Cl. The van der Waals surface area contributed by atoms with Crippen LogP contribution in [0.3, 0.4) is 0 Å². The molecule has 0 unspecified atom stereocenters. The molecule has 126 valence electrons. The predicted octanol–water partition coefficient (Wildman–Crippen LogP) is 0.504. The summed E-state index contributed by atoms with van der Waals surface area (Å²) in [5.41, 5.74) is 15.3. The highest BCUT2D eigenvalue weighted by molar-refractivity contribution is 6.34. The summed E-state index contributed by atoms with van der Waals surface area (Å²) in [6.45, 7) is 1.92. The van der Waals surface area contributed by atoms with Gasteiger partial charge in [-0.25, -0.2) is 0 Å². The molecule has 0 fully saturated rings. The van der Waals surface area contributed by atoms with Crippen molar-refractivity contribution in [2.24, 2.45) is 11.5 Å². The van der Waals surface area contributed by atoms with Crippen LogP contribution in [0.15, 0.2) is 52.9 Å². The average Bonchev–Trinajstić information content (AvgIpc) is 2.90. The van der Waals surface area contributed by atoms with Gasteiger partial charge in [0.1, 0.15) is 5.76 Å². The molecule has 0 saturated heterocycles. The normalized spacial score (nSPS) is 10.6. The van der Waals surface area contributed by atoms with Crippen LogP contribution in [0.25, 0.3) is 22.6 Å². The van der Waals surface area contributed by atoms with Crippen molar-refractivity contribution < 1.29 is 15.2 Å². The molecule has 0 spiro atoms. The Morgan fingerprint density at radius 2 is 1.20 bits per heavy atom. The fourth-order valence-corrected chi connectivity index (χ4v) is 2.82. The first kappa shape index (κ1) is 16.8. The van der Waals surface area contributed by atoms with Crippen molar-refractivity contribution in [3.05, 3.63) is 70.2 Å². The first-order valence-electron chi connectivity index (χ1n) is 7.64. The standard InChI is InChI=1S/C19H17ClN4O/c1-10-15(20)17(12-4-8-14(9-5-12)19(23)24)25-16(10)11-2-6-13(7-3-11)18(21)22/h2-9H,1H3,(H3,21,22)(H3,23,24)/p+2. The van der Waals surface area contributed by atoms with Crippen molar-refractivity contribution in [2.45, 2.75) is 6.92 Å². The van der Waals surface area contributed by atoms with Crippen LogP contribution in [0.1, 0.15) is 16.7 Å². The van der Waals surface area contributed by atoms with Gasteiger partial charge < -0.3 is 4.42 Å². The van der Waals surface area contributed by atoms with E-state index in [0.29, 0.717) is 16.5 Å². The lowest BCUT2D eigenvalue weighted by atomic mass is 10.1. The number of furan rings is 1. The maximum atomic E-state index is 6.49. The highest BCUT2D eigenvalue weighted by Gasteiger charge is 2.19. The van der Waals surface area contributed by atoms with Gasteiger partial charge in [0.2, 0.25) is 0 Å². The van der Waals surface area contributed by atoms with Gasteiger partial charge >= 0.3 is 0 Å². The minimum atomic E-state index is 0.269. The molecule has 0 aliphatic carbocycles. The second-order valence-electron chi connectivity index (χ2n) is 5.76. The molecule has 0 aliphatic heterocycles. The smallest absolute Gasteiger partial charge is 0.270 e. The van der Waals surface area contributed by atoms with Crippen LogP contribution in [0.4, 0.5) is 0 Å². The van der Waals surface area contributed by atoms with Crippen LogP contribution in [-0.2, 0) is 0 Å². The Kier molecular flexibility index (Phi) is 4.33. The van der Waals surface area contributed by atoms with Gasteiger partial charge in [0.05, 0.1) is 16.1 Å². The molecule has 3 rings (SSSR count). The zero-order valence-corrected chi connectivity index (χ0v) is 14.5. The highest BCUT2D eigenvalue weighted by Crippen LogP contribution is 2.39. The monoisotopic (exact) mass is 354 g/mol. The van der Waals surface area contributed by atoms with Crippen LogP contribution in [0.5, 0.6) is 0 Å². The molecular weight excluding hydrogens is 336 g/mol. The Morgan fingerprint density at radius 3 is 1.60 bits per heavy atom.